The number of amides is 1. The third kappa shape index (κ3) is 3.85. The summed E-state index contributed by atoms with van der Waals surface area (Å²) in [5.74, 6) is 0.497. The van der Waals surface area contributed by atoms with Crippen molar-refractivity contribution in [1.29, 1.82) is 0 Å². The Balaban J connectivity index is 1.78. The molecule has 0 spiro atoms. The highest BCUT2D eigenvalue weighted by Crippen LogP contribution is 2.30. The Kier molecular flexibility index (Phi) is 5.66. The minimum Gasteiger partial charge on any atom is -0.341 e. The summed E-state index contributed by atoms with van der Waals surface area (Å²) < 4.78 is 27.0. The zero-order valence-corrected chi connectivity index (χ0v) is 16.1. The standard InChI is InChI=1S/C15H18Cl2N2O3S2/c16-12-4-3-11(13(17)7-12)9-24(21,22)19-10-23-8-14(19)15(20)18-5-1-2-6-18/h3-4,7,14H,1-2,5-6,8-10H2/t14-/m1/s1. The molecule has 1 aromatic rings. The largest absolute Gasteiger partial charge is 0.341 e. The van der Waals surface area contributed by atoms with Gasteiger partial charge in [0.25, 0.3) is 0 Å². The van der Waals surface area contributed by atoms with Crippen molar-refractivity contribution < 1.29 is 13.2 Å². The van der Waals surface area contributed by atoms with Gasteiger partial charge in [-0.1, -0.05) is 29.3 Å². The maximum Gasteiger partial charge on any atom is 0.241 e. The number of benzene rings is 1. The third-order valence-electron chi connectivity index (χ3n) is 4.25. The molecule has 1 amide bonds. The summed E-state index contributed by atoms with van der Waals surface area (Å²) in [6, 6.07) is 4.15. The molecule has 2 aliphatic rings. The first-order valence-electron chi connectivity index (χ1n) is 7.68. The van der Waals surface area contributed by atoms with Gasteiger partial charge in [0.15, 0.2) is 0 Å². The summed E-state index contributed by atoms with van der Waals surface area (Å²) in [7, 11) is -3.63. The van der Waals surface area contributed by atoms with Gasteiger partial charge in [0.05, 0.1) is 11.6 Å². The van der Waals surface area contributed by atoms with E-state index < -0.39 is 16.1 Å². The van der Waals surface area contributed by atoms with Gasteiger partial charge in [0, 0.05) is 28.9 Å². The molecule has 2 saturated heterocycles. The molecule has 1 aromatic carbocycles. The zero-order chi connectivity index (χ0) is 17.3. The van der Waals surface area contributed by atoms with Gasteiger partial charge < -0.3 is 4.90 Å². The molecule has 0 unspecified atom stereocenters. The average molecular weight is 409 g/mol. The van der Waals surface area contributed by atoms with Gasteiger partial charge >= 0.3 is 0 Å². The molecule has 2 heterocycles. The number of halogens is 2. The van der Waals surface area contributed by atoms with Crippen LogP contribution in [0, 0.1) is 0 Å². The number of carbonyl (C=O) groups excluding carboxylic acids is 1. The lowest BCUT2D eigenvalue weighted by molar-refractivity contribution is -0.133. The van der Waals surface area contributed by atoms with Gasteiger partial charge in [-0.3, -0.25) is 4.79 Å². The molecular formula is C15H18Cl2N2O3S2. The molecule has 5 nitrogen and oxygen atoms in total. The van der Waals surface area contributed by atoms with Gasteiger partial charge in [-0.25, -0.2) is 8.42 Å². The van der Waals surface area contributed by atoms with Crippen LogP contribution in [0.2, 0.25) is 10.0 Å². The van der Waals surface area contributed by atoms with Crippen LogP contribution in [0.25, 0.3) is 0 Å². The second kappa shape index (κ2) is 7.41. The highest BCUT2D eigenvalue weighted by Gasteiger charge is 2.41. The summed E-state index contributed by atoms with van der Waals surface area (Å²) in [5, 5.41) is 0.778. The van der Waals surface area contributed by atoms with E-state index in [0.717, 1.165) is 25.9 Å². The van der Waals surface area contributed by atoms with E-state index in [1.807, 2.05) is 0 Å². The number of hydrogen-bond donors (Lipinski definition) is 0. The molecule has 132 valence electrons. The van der Waals surface area contributed by atoms with Crippen molar-refractivity contribution in [1.82, 2.24) is 9.21 Å². The van der Waals surface area contributed by atoms with Crippen molar-refractivity contribution >= 4 is 50.9 Å². The Hall–Kier alpha value is -0.470. The number of likely N-dealkylation sites (tertiary alicyclic amines) is 1. The molecule has 0 aromatic heterocycles. The Morgan fingerprint density at radius 3 is 2.62 bits per heavy atom. The zero-order valence-electron chi connectivity index (χ0n) is 13.0. The van der Waals surface area contributed by atoms with Crippen LogP contribution in [-0.4, -0.2) is 54.3 Å². The van der Waals surface area contributed by atoms with Crippen LogP contribution < -0.4 is 0 Å². The van der Waals surface area contributed by atoms with Crippen LogP contribution in [-0.2, 0) is 20.6 Å². The predicted octanol–water partition coefficient (Wildman–Crippen LogP) is 2.82. The Morgan fingerprint density at radius 2 is 1.96 bits per heavy atom. The van der Waals surface area contributed by atoms with E-state index in [-0.39, 0.29) is 11.7 Å². The summed E-state index contributed by atoms with van der Waals surface area (Å²) in [6.45, 7) is 1.44. The smallest absolute Gasteiger partial charge is 0.241 e. The fourth-order valence-corrected chi connectivity index (χ4v) is 6.85. The van der Waals surface area contributed by atoms with E-state index in [9.17, 15) is 13.2 Å². The number of thioether (sulfide) groups is 1. The molecule has 1 atom stereocenters. The Bertz CT molecular complexity index is 736. The van der Waals surface area contributed by atoms with Crippen LogP contribution in [0.15, 0.2) is 18.2 Å². The molecule has 3 rings (SSSR count). The van der Waals surface area contributed by atoms with Gasteiger partial charge in [-0.2, -0.15) is 4.31 Å². The van der Waals surface area contributed by atoms with Crippen LogP contribution in [0.1, 0.15) is 18.4 Å². The lowest BCUT2D eigenvalue weighted by Crippen LogP contribution is -2.48. The summed E-state index contributed by atoms with van der Waals surface area (Å²) >= 11 is 13.4. The first-order valence-corrected chi connectivity index (χ1v) is 11.2. The summed E-state index contributed by atoms with van der Waals surface area (Å²) in [5.41, 5.74) is 0.491. The lowest BCUT2D eigenvalue weighted by Gasteiger charge is -2.26. The molecule has 0 N–H and O–H groups in total. The molecule has 0 radical (unpaired) electrons. The van der Waals surface area contributed by atoms with Crippen LogP contribution in [0.5, 0.6) is 0 Å². The van der Waals surface area contributed by atoms with Gasteiger partial charge in [0.2, 0.25) is 15.9 Å². The maximum atomic E-state index is 12.8. The molecule has 0 saturated carbocycles. The first kappa shape index (κ1) is 18.3. The second-order valence-corrected chi connectivity index (χ2v) is 9.69. The van der Waals surface area contributed by atoms with Gasteiger partial charge in [-0.05, 0) is 30.5 Å². The van der Waals surface area contributed by atoms with E-state index in [1.54, 1.807) is 17.0 Å². The summed E-state index contributed by atoms with van der Waals surface area (Å²) in [6.07, 6.45) is 1.97. The van der Waals surface area contributed by atoms with Crippen molar-refractivity contribution in [2.75, 3.05) is 24.7 Å². The molecule has 0 bridgehead atoms. The van der Waals surface area contributed by atoms with Gasteiger partial charge in [0.1, 0.15) is 6.04 Å². The number of carbonyl (C=O) groups is 1. The van der Waals surface area contributed by atoms with Gasteiger partial charge in [-0.15, -0.1) is 11.8 Å². The molecule has 9 heteroatoms. The maximum absolute atomic E-state index is 12.8. The second-order valence-electron chi connectivity index (χ2n) is 5.93. The van der Waals surface area contributed by atoms with Crippen molar-refractivity contribution in [2.24, 2.45) is 0 Å². The van der Waals surface area contributed by atoms with E-state index in [2.05, 4.69) is 0 Å². The highest BCUT2D eigenvalue weighted by atomic mass is 35.5. The fraction of sp³-hybridized carbons (Fsp3) is 0.533. The molecule has 2 aliphatic heterocycles. The normalized spacial score (nSPS) is 22.2. The number of nitrogens with zero attached hydrogens (tertiary/aromatic N) is 2. The third-order valence-corrected chi connectivity index (χ3v) is 7.79. The van der Waals surface area contributed by atoms with E-state index in [4.69, 9.17) is 23.2 Å². The Morgan fingerprint density at radius 1 is 1.25 bits per heavy atom. The lowest BCUT2D eigenvalue weighted by atomic mass is 10.2. The monoisotopic (exact) mass is 408 g/mol. The highest BCUT2D eigenvalue weighted by molar-refractivity contribution is 8.00. The molecule has 24 heavy (non-hydrogen) atoms. The average Bonchev–Trinajstić information content (AvgIpc) is 3.20. The topological polar surface area (TPSA) is 57.7 Å². The number of rotatable bonds is 4. The van der Waals surface area contributed by atoms with Crippen molar-refractivity contribution in [3.63, 3.8) is 0 Å². The fourth-order valence-electron chi connectivity index (χ4n) is 2.96. The minimum atomic E-state index is -3.63. The number of sulfonamides is 1. The van der Waals surface area contributed by atoms with E-state index >= 15 is 0 Å². The first-order chi connectivity index (χ1) is 11.4. The van der Waals surface area contributed by atoms with E-state index in [1.165, 1.54) is 22.1 Å². The molecular weight excluding hydrogens is 391 g/mol. The van der Waals surface area contributed by atoms with Crippen LogP contribution >= 0.6 is 35.0 Å². The van der Waals surface area contributed by atoms with Crippen molar-refractivity contribution in [3.8, 4) is 0 Å². The van der Waals surface area contributed by atoms with E-state index in [0.29, 0.717) is 27.2 Å². The quantitative estimate of drug-likeness (QED) is 0.768. The predicted molar refractivity (Wildman–Crippen MR) is 97.9 cm³/mol. The molecule has 2 fully saturated rings. The summed E-state index contributed by atoms with van der Waals surface area (Å²) in [4.78, 5) is 14.4. The van der Waals surface area contributed by atoms with Crippen LogP contribution in [0.3, 0.4) is 0 Å². The number of hydrogen-bond acceptors (Lipinski definition) is 4. The molecule has 0 aliphatic carbocycles. The Labute approximate surface area is 156 Å². The SMILES string of the molecule is O=C([C@H]1CSCN1S(=O)(=O)Cc1ccc(Cl)cc1Cl)N1CCCC1. The van der Waals surface area contributed by atoms with Crippen LogP contribution in [0.4, 0.5) is 0 Å². The van der Waals surface area contributed by atoms with Crippen molar-refractivity contribution in [3.05, 3.63) is 33.8 Å². The van der Waals surface area contributed by atoms with Crippen molar-refractivity contribution in [2.45, 2.75) is 24.6 Å². The minimum absolute atomic E-state index is 0.0803.